The molecular formula is C20H24N2O2. The van der Waals surface area contributed by atoms with Gasteiger partial charge in [-0.25, -0.2) is 4.79 Å². The molecule has 4 heteroatoms. The molecule has 126 valence electrons. The van der Waals surface area contributed by atoms with Crippen LogP contribution in [0.15, 0.2) is 42.5 Å². The van der Waals surface area contributed by atoms with Gasteiger partial charge in [0, 0.05) is 12.2 Å². The molecule has 2 aromatic carbocycles. The predicted octanol–water partition coefficient (Wildman–Crippen LogP) is 4.68. The van der Waals surface area contributed by atoms with Crippen molar-refractivity contribution in [3.8, 4) is 5.75 Å². The highest BCUT2D eigenvalue weighted by molar-refractivity contribution is 5.90. The smallest absolute Gasteiger partial charge is 0.322 e. The highest BCUT2D eigenvalue weighted by Crippen LogP contribution is 2.33. The van der Waals surface area contributed by atoms with Crippen LogP contribution in [-0.4, -0.2) is 24.6 Å². The van der Waals surface area contributed by atoms with Crippen LogP contribution < -0.4 is 10.1 Å². The highest BCUT2D eigenvalue weighted by atomic mass is 16.5. The fourth-order valence-corrected chi connectivity index (χ4v) is 3.26. The van der Waals surface area contributed by atoms with Crippen molar-refractivity contribution in [1.82, 2.24) is 4.90 Å². The molecule has 1 aliphatic rings. The summed E-state index contributed by atoms with van der Waals surface area (Å²) < 4.78 is 5.22. The molecule has 1 saturated heterocycles. The van der Waals surface area contributed by atoms with Crippen molar-refractivity contribution >= 4 is 11.7 Å². The summed E-state index contributed by atoms with van der Waals surface area (Å²) in [5.74, 6) is 0.836. The average molecular weight is 324 g/mol. The number of aryl methyl sites for hydroxylation is 1. The summed E-state index contributed by atoms with van der Waals surface area (Å²) in [6.07, 6.45) is 2.02. The Labute approximate surface area is 143 Å². The van der Waals surface area contributed by atoms with Gasteiger partial charge in [0.1, 0.15) is 5.75 Å². The van der Waals surface area contributed by atoms with Gasteiger partial charge < -0.3 is 15.0 Å². The average Bonchev–Trinajstić information content (AvgIpc) is 3.09. The van der Waals surface area contributed by atoms with Gasteiger partial charge in [0.15, 0.2) is 0 Å². The van der Waals surface area contributed by atoms with E-state index < -0.39 is 0 Å². The Bertz CT molecular complexity index is 725. The molecule has 0 unspecified atom stereocenters. The fourth-order valence-electron chi connectivity index (χ4n) is 3.26. The molecule has 1 atom stereocenters. The molecule has 2 aromatic rings. The van der Waals surface area contributed by atoms with Crippen molar-refractivity contribution in [3.63, 3.8) is 0 Å². The van der Waals surface area contributed by atoms with Crippen LogP contribution in [0.4, 0.5) is 10.5 Å². The van der Waals surface area contributed by atoms with Crippen LogP contribution in [0.5, 0.6) is 5.75 Å². The van der Waals surface area contributed by atoms with Gasteiger partial charge in [0.25, 0.3) is 0 Å². The van der Waals surface area contributed by atoms with Crippen LogP contribution in [0.25, 0.3) is 0 Å². The Balaban J connectivity index is 1.76. The van der Waals surface area contributed by atoms with Gasteiger partial charge in [-0.1, -0.05) is 24.3 Å². The maximum Gasteiger partial charge on any atom is 0.322 e. The molecule has 1 N–H and O–H groups in total. The maximum atomic E-state index is 12.8. The van der Waals surface area contributed by atoms with E-state index in [9.17, 15) is 4.79 Å². The molecule has 0 aliphatic carbocycles. The molecule has 0 radical (unpaired) electrons. The summed E-state index contributed by atoms with van der Waals surface area (Å²) in [5, 5.41) is 3.08. The first-order chi connectivity index (χ1) is 11.6. The quantitative estimate of drug-likeness (QED) is 0.890. The number of nitrogens with zero attached hydrogens (tertiary/aromatic N) is 1. The lowest BCUT2D eigenvalue weighted by Crippen LogP contribution is -2.34. The number of urea groups is 1. The summed E-state index contributed by atoms with van der Waals surface area (Å²) >= 11 is 0. The van der Waals surface area contributed by atoms with Gasteiger partial charge in [0.05, 0.1) is 13.2 Å². The van der Waals surface area contributed by atoms with Gasteiger partial charge in [-0.15, -0.1) is 0 Å². The van der Waals surface area contributed by atoms with Gasteiger partial charge in [-0.05, 0) is 61.6 Å². The number of hydrogen-bond donors (Lipinski definition) is 1. The Morgan fingerprint density at radius 2 is 1.92 bits per heavy atom. The minimum absolute atomic E-state index is 0.0259. The number of benzene rings is 2. The van der Waals surface area contributed by atoms with E-state index in [1.54, 1.807) is 7.11 Å². The summed E-state index contributed by atoms with van der Waals surface area (Å²) in [6, 6.07) is 14.1. The lowest BCUT2D eigenvalue weighted by atomic mass is 10.0. The Morgan fingerprint density at radius 3 is 2.62 bits per heavy atom. The number of hydrogen-bond acceptors (Lipinski definition) is 2. The minimum atomic E-state index is -0.0259. The first kappa shape index (κ1) is 16.4. The van der Waals surface area contributed by atoms with Crippen LogP contribution in [0.3, 0.4) is 0 Å². The largest absolute Gasteiger partial charge is 0.497 e. The molecule has 3 rings (SSSR count). The number of methoxy groups -OCH3 is 1. The topological polar surface area (TPSA) is 41.6 Å². The molecule has 2 amide bonds. The van der Waals surface area contributed by atoms with E-state index in [1.807, 2.05) is 48.2 Å². The van der Waals surface area contributed by atoms with Crippen LogP contribution >= 0.6 is 0 Å². The maximum absolute atomic E-state index is 12.8. The van der Waals surface area contributed by atoms with Crippen molar-refractivity contribution in [2.24, 2.45) is 0 Å². The second kappa shape index (κ2) is 6.95. The number of likely N-dealkylation sites (tertiary alicyclic amines) is 1. The number of carbonyl (C=O) groups excluding carboxylic acids is 1. The third-order valence-corrected chi connectivity index (χ3v) is 4.86. The van der Waals surface area contributed by atoms with E-state index in [1.165, 1.54) is 5.56 Å². The summed E-state index contributed by atoms with van der Waals surface area (Å²) in [6.45, 7) is 4.88. The normalized spacial score (nSPS) is 17.0. The Kier molecular flexibility index (Phi) is 4.74. The molecule has 0 bridgehead atoms. The van der Waals surface area contributed by atoms with Crippen LogP contribution in [-0.2, 0) is 0 Å². The van der Waals surface area contributed by atoms with Crippen LogP contribution in [0.2, 0.25) is 0 Å². The van der Waals surface area contributed by atoms with Crippen LogP contribution in [0, 0.1) is 13.8 Å². The zero-order chi connectivity index (χ0) is 17.1. The van der Waals surface area contributed by atoms with Crippen LogP contribution in [0.1, 0.15) is 35.6 Å². The van der Waals surface area contributed by atoms with E-state index in [4.69, 9.17) is 4.74 Å². The Hall–Kier alpha value is -2.49. The predicted molar refractivity (Wildman–Crippen MR) is 96.6 cm³/mol. The van der Waals surface area contributed by atoms with Crippen molar-refractivity contribution in [3.05, 3.63) is 59.2 Å². The monoisotopic (exact) mass is 324 g/mol. The van der Waals surface area contributed by atoms with Gasteiger partial charge in [0.2, 0.25) is 0 Å². The number of amides is 2. The molecule has 0 saturated carbocycles. The van der Waals surface area contributed by atoms with E-state index in [2.05, 4.69) is 18.3 Å². The Morgan fingerprint density at radius 1 is 1.17 bits per heavy atom. The standard InChI is InChI=1S/C20H24N2O2/c1-14-6-4-7-18(15(14)2)21-20(23)22-13-5-8-19(22)16-9-11-17(24-3)12-10-16/h4,6-7,9-12,19H,5,8,13H2,1-3H3,(H,21,23)/t19-/m0/s1. The summed E-state index contributed by atoms with van der Waals surface area (Å²) in [7, 11) is 1.66. The summed E-state index contributed by atoms with van der Waals surface area (Å²) in [5.41, 5.74) is 4.34. The molecule has 0 spiro atoms. The highest BCUT2D eigenvalue weighted by Gasteiger charge is 2.30. The van der Waals surface area contributed by atoms with Gasteiger partial charge in [-0.3, -0.25) is 0 Å². The van der Waals surface area contributed by atoms with E-state index >= 15 is 0 Å². The van der Waals surface area contributed by atoms with Crippen molar-refractivity contribution < 1.29 is 9.53 Å². The zero-order valence-electron chi connectivity index (χ0n) is 14.5. The number of nitrogens with one attached hydrogen (secondary N) is 1. The van der Waals surface area contributed by atoms with Crippen molar-refractivity contribution in [2.45, 2.75) is 32.7 Å². The molecule has 24 heavy (non-hydrogen) atoms. The summed E-state index contributed by atoms with van der Waals surface area (Å²) in [4.78, 5) is 14.7. The molecule has 1 heterocycles. The molecule has 1 fully saturated rings. The molecule has 0 aromatic heterocycles. The molecule has 4 nitrogen and oxygen atoms in total. The number of anilines is 1. The number of rotatable bonds is 3. The zero-order valence-corrected chi connectivity index (χ0v) is 14.5. The third-order valence-electron chi connectivity index (χ3n) is 4.86. The number of ether oxygens (including phenoxy) is 1. The van der Waals surface area contributed by atoms with Gasteiger partial charge >= 0.3 is 6.03 Å². The van der Waals surface area contributed by atoms with Crippen molar-refractivity contribution in [1.29, 1.82) is 0 Å². The lowest BCUT2D eigenvalue weighted by molar-refractivity contribution is 0.207. The third kappa shape index (κ3) is 3.23. The molecular weight excluding hydrogens is 300 g/mol. The van der Waals surface area contributed by atoms with E-state index in [0.717, 1.165) is 42.0 Å². The second-order valence-corrected chi connectivity index (χ2v) is 6.30. The SMILES string of the molecule is COc1ccc([C@@H]2CCCN2C(=O)Nc2cccc(C)c2C)cc1. The first-order valence-corrected chi connectivity index (χ1v) is 8.38. The van der Waals surface area contributed by atoms with E-state index in [-0.39, 0.29) is 12.1 Å². The van der Waals surface area contributed by atoms with Crippen molar-refractivity contribution in [2.75, 3.05) is 19.0 Å². The lowest BCUT2D eigenvalue weighted by Gasteiger charge is -2.26. The second-order valence-electron chi connectivity index (χ2n) is 6.30. The van der Waals surface area contributed by atoms with E-state index in [0.29, 0.717) is 0 Å². The molecule has 1 aliphatic heterocycles. The van der Waals surface area contributed by atoms with Gasteiger partial charge in [-0.2, -0.15) is 0 Å². The minimum Gasteiger partial charge on any atom is -0.497 e. The fraction of sp³-hybridized carbons (Fsp3) is 0.350. The first-order valence-electron chi connectivity index (χ1n) is 8.38. The number of carbonyl (C=O) groups is 1.